The number of rotatable bonds is 4. The summed E-state index contributed by atoms with van der Waals surface area (Å²) in [5.41, 5.74) is 4.39. The van der Waals surface area contributed by atoms with Crippen molar-refractivity contribution in [3.8, 4) is 0 Å². The molecule has 0 spiro atoms. The minimum atomic E-state index is -0.297. The van der Waals surface area contributed by atoms with Crippen molar-refractivity contribution in [3.05, 3.63) is 89.3 Å². The van der Waals surface area contributed by atoms with Crippen LogP contribution in [0.25, 0.3) is 10.9 Å². The topological polar surface area (TPSA) is 66.9 Å². The van der Waals surface area contributed by atoms with Crippen LogP contribution in [0.5, 0.6) is 0 Å². The lowest BCUT2D eigenvalue weighted by Crippen LogP contribution is -2.14. The lowest BCUT2D eigenvalue weighted by Gasteiger charge is -2.11. The van der Waals surface area contributed by atoms with E-state index >= 15 is 0 Å². The standard InChI is InChI=1S/C22H17ClN4O/c1-14-12-16(23)7-8-18(14)26-17-9-11-24-20(13-17)22(28)27-19-6-2-4-15-5-3-10-25-21(15)19/h2-13H,1H3,(H,24,26)(H,27,28). The van der Waals surface area contributed by atoms with Crippen LogP contribution in [-0.4, -0.2) is 15.9 Å². The molecule has 0 bridgehead atoms. The molecule has 0 radical (unpaired) electrons. The number of hydrogen-bond donors (Lipinski definition) is 2. The summed E-state index contributed by atoms with van der Waals surface area (Å²) < 4.78 is 0. The Balaban J connectivity index is 1.57. The summed E-state index contributed by atoms with van der Waals surface area (Å²) in [6, 6.07) is 18.6. The SMILES string of the molecule is Cc1cc(Cl)ccc1Nc1ccnc(C(=O)Nc2cccc3cccnc23)c1. The van der Waals surface area contributed by atoms with Gasteiger partial charge in [0.2, 0.25) is 0 Å². The average Bonchev–Trinajstić information content (AvgIpc) is 2.71. The quantitative estimate of drug-likeness (QED) is 0.478. The molecule has 2 aromatic heterocycles. The van der Waals surface area contributed by atoms with Gasteiger partial charge in [-0.3, -0.25) is 14.8 Å². The van der Waals surface area contributed by atoms with Crippen molar-refractivity contribution in [2.75, 3.05) is 10.6 Å². The second kappa shape index (κ2) is 7.66. The Labute approximate surface area is 167 Å². The first-order valence-electron chi connectivity index (χ1n) is 8.74. The smallest absolute Gasteiger partial charge is 0.274 e. The molecule has 0 saturated carbocycles. The number of nitrogens with one attached hydrogen (secondary N) is 2. The van der Waals surface area contributed by atoms with E-state index < -0.39 is 0 Å². The summed E-state index contributed by atoms with van der Waals surface area (Å²) in [7, 11) is 0. The predicted molar refractivity (Wildman–Crippen MR) is 113 cm³/mol. The van der Waals surface area contributed by atoms with Gasteiger partial charge in [-0.05, 0) is 55.0 Å². The molecule has 0 aliphatic rings. The fourth-order valence-corrected chi connectivity index (χ4v) is 3.17. The Morgan fingerprint density at radius 3 is 2.64 bits per heavy atom. The fourth-order valence-electron chi connectivity index (χ4n) is 2.95. The van der Waals surface area contributed by atoms with Crippen LogP contribution in [0.4, 0.5) is 17.1 Å². The first-order valence-corrected chi connectivity index (χ1v) is 9.12. The third kappa shape index (κ3) is 3.80. The van der Waals surface area contributed by atoms with Gasteiger partial charge in [0.05, 0.1) is 11.2 Å². The van der Waals surface area contributed by atoms with Gasteiger partial charge >= 0.3 is 0 Å². The number of anilines is 3. The van der Waals surface area contributed by atoms with E-state index in [1.807, 2.05) is 61.5 Å². The highest BCUT2D eigenvalue weighted by Crippen LogP contribution is 2.24. The van der Waals surface area contributed by atoms with Crippen molar-refractivity contribution >= 4 is 45.5 Å². The molecule has 28 heavy (non-hydrogen) atoms. The van der Waals surface area contributed by atoms with E-state index in [0.29, 0.717) is 16.4 Å². The second-order valence-electron chi connectivity index (χ2n) is 6.35. The number of aryl methyl sites for hydroxylation is 1. The molecule has 4 rings (SSSR count). The van der Waals surface area contributed by atoms with Gasteiger partial charge in [0.1, 0.15) is 5.69 Å². The predicted octanol–water partition coefficient (Wildman–Crippen LogP) is 5.59. The third-order valence-electron chi connectivity index (χ3n) is 4.34. The minimum absolute atomic E-state index is 0.297. The summed E-state index contributed by atoms with van der Waals surface area (Å²) in [6.07, 6.45) is 3.30. The molecule has 0 atom stereocenters. The number of carbonyl (C=O) groups excluding carboxylic acids is 1. The number of hydrogen-bond acceptors (Lipinski definition) is 4. The highest BCUT2D eigenvalue weighted by atomic mass is 35.5. The molecule has 1 amide bonds. The summed E-state index contributed by atoms with van der Waals surface area (Å²) in [5, 5.41) is 7.84. The molecule has 2 aromatic carbocycles. The van der Waals surface area contributed by atoms with E-state index in [0.717, 1.165) is 27.8 Å². The van der Waals surface area contributed by atoms with Crippen molar-refractivity contribution < 1.29 is 4.79 Å². The van der Waals surface area contributed by atoms with Gasteiger partial charge in [0.25, 0.3) is 5.91 Å². The van der Waals surface area contributed by atoms with Gasteiger partial charge in [-0.2, -0.15) is 0 Å². The summed E-state index contributed by atoms with van der Waals surface area (Å²) in [6.45, 7) is 1.97. The Hall–Kier alpha value is -3.44. The van der Waals surface area contributed by atoms with Crippen LogP contribution >= 0.6 is 11.6 Å². The molecule has 0 aliphatic carbocycles. The van der Waals surface area contributed by atoms with Crippen LogP contribution in [0.15, 0.2) is 73.1 Å². The molecule has 4 aromatic rings. The van der Waals surface area contributed by atoms with Crippen molar-refractivity contribution in [3.63, 3.8) is 0 Å². The Morgan fingerprint density at radius 2 is 1.79 bits per heavy atom. The van der Waals surface area contributed by atoms with E-state index in [-0.39, 0.29) is 5.91 Å². The lowest BCUT2D eigenvalue weighted by molar-refractivity contribution is 0.102. The molecule has 138 valence electrons. The molecule has 0 aliphatic heterocycles. The highest BCUT2D eigenvalue weighted by Gasteiger charge is 2.11. The van der Waals surface area contributed by atoms with Gasteiger partial charge < -0.3 is 10.6 Å². The van der Waals surface area contributed by atoms with Crippen molar-refractivity contribution in [2.45, 2.75) is 6.92 Å². The van der Waals surface area contributed by atoms with Crippen molar-refractivity contribution in [2.24, 2.45) is 0 Å². The number of para-hydroxylation sites is 1. The monoisotopic (exact) mass is 388 g/mol. The van der Waals surface area contributed by atoms with Gasteiger partial charge in [-0.1, -0.05) is 29.8 Å². The van der Waals surface area contributed by atoms with Crippen LogP contribution in [0.1, 0.15) is 16.1 Å². The zero-order valence-electron chi connectivity index (χ0n) is 15.1. The summed E-state index contributed by atoms with van der Waals surface area (Å²) in [5.74, 6) is -0.297. The average molecular weight is 389 g/mol. The molecular weight excluding hydrogens is 372 g/mol. The molecule has 0 saturated heterocycles. The molecule has 5 nitrogen and oxygen atoms in total. The zero-order chi connectivity index (χ0) is 19.5. The minimum Gasteiger partial charge on any atom is -0.355 e. The van der Waals surface area contributed by atoms with Gasteiger partial charge in [-0.25, -0.2) is 0 Å². The van der Waals surface area contributed by atoms with Crippen LogP contribution < -0.4 is 10.6 Å². The number of carbonyl (C=O) groups is 1. The van der Waals surface area contributed by atoms with Crippen LogP contribution in [0.3, 0.4) is 0 Å². The van der Waals surface area contributed by atoms with E-state index in [4.69, 9.17) is 11.6 Å². The molecule has 2 N–H and O–H groups in total. The van der Waals surface area contributed by atoms with E-state index in [1.54, 1.807) is 18.5 Å². The first-order chi connectivity index (χ1) is 13.6. The fraction of sp³-hybridized carbons (Fsp3) is 0.0455. The van der Waals surface area contributed by atoms with Crippen LogP contribution in [0, 0.1) is 6.92 Å². The van der Waals surface area contributed by atoms with Crippen LogP contribution in [-0.2, 0) is 0 Å². The van der Waals surface area contributed by atoms with Gasteiger partial charge in [0.15, 0.2) is 0 Å². The molecule has 0 unspecified atom stereocenters. The molecule has 0 fully saturated rings. The largest absolute Gasteiger partial charge is 0.355 e. The van der Waals surface area contributed by atoms with Crippen LogP contribution in [0.2, 0.25) is 5.02 Å². The maximum absolute atomic E-state index is 12.7. The number of fused-ring (bicyclic) bond motifs is 1. The summed E-state index contributed by atoms with van der Waals surface area (Å²) >= 11 is 6.01. The number of aromatic nitrogens is 2. The number of amides is 1. The Morgan fingerprint density at radius 1 is 0.929 bits per heavy atom. The molecule has 6 heteroatoms. The van der Waals surface area contributed by atoms with Crippen molar-refractivity contribution in [1.29, 1.82) is 0 Å². The van der Waals surface area contributed by atoms with Gasteiger partial charge in [0, 0.05) is 34.2 Å². The first kappa shape index (κ1) is 17.9. The number of pyridine rings is 2. The highest BCUT2D eigenvalue weighted by molar-refractivity contribution is 6.30. The maximum Gasteiger partial charge on any atom is 0.274 e. The maximum atomic E-state index is 12.7. The third-order valence-corrected chi connectivity index (χ3v) is 4.58. The number of halogens is 1. The van der Waals surface area contributed by atoms with E-state index in [1.165, 1.54) is 0 Å². The van der Waals surface area contributed by atoms with E-state index in [2.05, 4.69) is 20.6 Å². The van der Waals surface area contributed by atoms with Crippen molar-refractivity contribution in [1.82, 2.24) is 9.97 Å². The van der Waals surface area contributed by atoms with E-state index in [9.17, 15) is 4.79 Å². The molecule has 2 heterocycles. The zero-order valence-corrected chi connectivity index (χ0v) is 15.9. The molecular formula is C22H17ClN4O. The number of benzene rings is 2. The number of nitrogens with zero attached hydrogens (tertiary/aromatic N) is 2. The second-order valence-corrected chi connectivity index (χ2v) is 6.79. The Kier molecular flexibility index (Phi) is 4.91. The van der Waals surface area contributed by atoms with Gasteiger partial charge in [-0.15, -0.1) is 0 Å². The normalized spacial score (nSPS) is 10.6. The lowest BCUT2D eigenvalue weighted by atomic mass is 10.2. The Bertz CT molecular complexity index is 1170. The summed E-state index contributed by atoms with van der Waals surface area (Å²) in [4.78, 5) is 21.3.